The molecule has 4 nitrogen and oxygen atoms in total. The molecule has 0 amide bonds. The first-order valence-electron chi connectivity index (χ1n) is 12.2. The Kier molecular flexibility index (Phi) is 18.2. The van der Waals surface area contributed by atoms with Crippen LogP contribution in [0.1, 0.15) is 104 Å². The van der Waals surface area contributed by atoms with E-state index in [2.05, 4.69) is 18.7 Å². The minimum absolute atomic E-state index is 0.0923. The van der Waals surface area contributed by atoms with Crippen LogP contribution >= 0.6 is 11.8 Å². The number of hydrogen-bond donors (Lipinski definition) is 0. The van der Waals surface area contributed by atoms with Crippen molar-refractivity contribution in [3.63, 3.8) is 0 Å². The fraction of sp³-hybridized carbons (Fsp3) is 0.958. The van der Waals surface area contributed by atoms with Gasteiger partial charge in [0, 0.05) is 23.5 Å². The van der Waals surface area contributed by atoms with Crippen molar-refractivity contribution in [1.29, 1.82) is 0 Å². The molecule has 0 aromatic heterocycles. The van der Waals surface area contributed by atoms with Gasteiger partial charge >= 0.3 is 5.97 Å². The summed E-state index contributed by atoms with van der Waals surface area (Å²) in [6.07, 6.45) is 17.9. The van der Waals surface area contributed by atoms with E-state index in [1.54, 1.807) is 0 Å². The highest BCUT2D eigenvalue weighted by Gasteiger charge is 2.36. The van der Waals surface area contributed by atoms with Crippen LogP contribution in [0, 0.1) is 0 Å². The van der Waals surface area contributed by atoms with E-state index in [1.807, 2.05) is 6.92 Å². The van der Waals surface area contributed by atoms with Crippen LogP contribution in [0.15, 0.2) is 0 Å². The smallest absolute Gasteiger partial charge is 0.305 e. The third-order valence-electron chi connectivity index (χ3n) is 5.47. The Bertz CT molecular complexity index is 378. The number of hydrogen-bond acceptors (Lipinski definition) is 5. The zero-order valence-corrected chi connectivity index (χ0v) is 19.9. The van der Waals surface area contributed by atoms with Gasteiger partial charge < -0.3 is 14.2 Å². The predicted octanol–water partition coefficient (Wildman–Crippen LogP) is 6.55. The zero-order chi connectivity index (χ0) is 21.0. The van der Waals surface area contributed by atoms with Gasteiger partial charge in [-0.2, -0.15) is 11.8 Å². The maximum Gasteiger partial charge on any atom is 0.305 e. The first-order chi connectivity index (χ1) is 14.3. The van der Waals surface area contributed by atoms with Gasteiger partial charge in [0.05, 0.1) is 19.8 Å². The molecular formula is C24H46O4S. The fourth-order valence-electron chi connectivity index (χ4n) is 3.61. The molecular weight excluding hydrogens is 384 g/mol. The van der Waals surface area contributed by atoms with Crippen LogP contribution in [-0.2, 0) is 19.0 Å². The molecule has 0 radical (unpaired) electrons. The molecule has 1 aliphatic rings. The van der Waals surface area contributed by atoms with Crippen LogP contribution in [0.3, 0.4) is 0 Å². The van der Waals surface area contributed by atoms with Crippen molar-refractivity contribution >= 4 is 17.7 Å². The second kappa shape index (κ2) is 19.7. The number of carbonyl (C=O) groups excluding carboxylic acids is 1. The Morgan fingerprint density at radius 2 is 1.24 bits per heavy atom. The van der Waals surface area contributed by atoms with Gasteiger partial charge in [-0.25, -0.2) is 0 Å². The van der Waals surface area contributed by atoms with Crippen LogP contribution in [0.4, 0.5) is 0 Å². The lowest BCUT2D eigenvalue weighted by atomic mass is 10.0. The average molecular weight is 431 g/mol. The highest BCUT2D eigenvalue weighted by molar-refractivity contribution is 8.07. The summed E-state index contributed by atoms with van der Waals surface area (Å²) in [5.74, 6) is -0.0923. The lowest BCUT2D eigenvalue weighted by molar-refractivity contribution is -0.145. The molecule has 172 valence electrons. The minimum Gasteiger partial charge on any atom is -0.463 e. The lowest BCUT2D eigenvalue weighted by Gasteiger charge is -2.06. The van der Waals surface area contributed by atoms with Crippen molar-refractivity contribution in [2.75, 3.05) is 33.0 Å². The van der Waals surface area contributed by atoms with E-state index in [9.17, 15) is 4.79 Å². The summed E-state index contributed by atoms with van der Waals surface area (Å²) in [5, 5.41) is 1.93. The summed E-state index contributed by atoms with van der Waals surface area (Å²) in [6.45, 7) is 6.92. The number of rotatable bonds is 22. The van der Waals surface area contributed by atoms with Crippen molar-refractivity contribution < 1.29 is 19.0 Å². The second-order valence-electron chi connectivity index (χ2n) is 8.11. The SMILES string of the molecule is CCCCCCCC[C@H]1S[C@@H]1CCCCCCCC(=O)OCCOCCOCC. The van der Waals surface area contributed by atoms with E-state index in [0.29, 0.717) is 39.5 Å². The molecule has 1 aliphatic heterocycles. The largest absolute Gasteiger partial charge is 0.463 e. The summed E-state index contributed by atoms with van der Waals surface area (Å²) in [4.78, 5) is 11.7. The molecule has 1 saturated heterocycles. The Morgan fingerprint density at radius 3 is 1.90 bits per heavy atom. The molecule has 1 fully saturated rings. The summed E-state index contributed by atoms with van der Waals surface area (Å²) >= 11 is 2.21. The highest BCUT2D eigenvalue weighted by atomic mass is 32.2. The van der Waals surface area contributed by atoms with E-state index < -0.39 is 0 Å². The summed E-state index contributed by atoms with van der Waals surface area (Å²) in [7, 11) is 0. The van der Waals surface area contributed by atoms with Gasteiger partial charge in [0.2, 0.25) is 0 Å². The van der Waals surface area contributed by atoms with Crippen molar-refractivity contribution in [2.24, 2.45) is 0 Å². The Hall–Kier alpha value is -0.260. The molecule has 0 saturated carbocycles. The first-order valence-corrected chi connectivity index (χ1v) is 13.2. The average Bonchev–Trinajstić information content (AvgIpc) is 3.47. The van der Waals surface area contributed by atoms with Crippen molar-refractivity contribution in [3.8, 4) is 0 Å². The highest BCUT2D eigenvalue weighted by Crippen LogP contribution is 2.47. The third kappa shape index (κ3) is 17.1. The quantitative estimate of drug-likeness (QED) is 0.111. The molecule has 0 aromatic rings. The molecule has 0 aliphatic carbocycles. The van der Waals surface area contributed by atoms with E-state index in [-0.39, 0.29) is 5.97 Å². The molecule has 29 heavy (non-hydrogen) atoms. The van der Waals surface area contributed by atoms with E-state index in [0.717, 1.165) is 23.3 Å². The third-order valence-corrected chi connectivity index (χ3v) is 6.98. The minimum atomic E-state index is -0.0923. The topological polar surface area (TPSA) is 44.8 Å². The lowest BCUT2D eigenvalue weighted by Crippen LogP contribution is -2.12. The predicted molar refractivity (Wildman–Crippen MR) is 124 cm³/mol. The van der Waals surface area contributed by atoms with Crippen molar-refractivity contribution in [1.82, 2.24) is 0 Å². The van der Waals surface area contributed by atoms with Gasteiger partial charge in [-0.15, -0.1) is 0 Å². The molecule has 1 heterocycles. The monoisotopic (exact) mass is 430 g/mol. The van der Waals surface area contributed by atoms with Gasteiger partial charge in [-0.1, -0.05) is 71.1 Å². The Labute approximate surface area is 184 Å². The maximum atomic E-state index is 11.7. The van der Waals surface area contributed by atoms with Crippen LogP contribution in [0.25, 0.3) is 0 Å². The molecule has 0 unspecified atom stereocenters. The Morgan fingerprint density at radius 1 is 0.690 bits per heavy atom. The first kappa shape index (κ1) is 26.8. The Balaban J connectivity index is 1.75. The summed E-state index contributed by atoms with van der Waals surface area (Å²) in [6, 6.07) is 0. The van der Waals surface area contributed by atoms with E-state index >= 15 is 0 Å². The fourth-order valence-corrected chi connectivity index (χ4v) is 4.84. The van der Waals surface area contributed by atoms with Gasteiger partial charge in [0.1, 0.15) is 6.61 Å². The molecule has 0 aromatic carbocycles. The molecule has 1 rings (SSSR count). The second-order valence-corrected chi connectivity index (χ2v) is 9.59. The van der Waals surface area contributed by atoms with E-state index in [4.69, 9.17) is 14.2 Å². The normalized spacial score (nSPS) is 18.1. The molecule has 5 heteroatoms. The van der Waals surface area contributed by atoms with Crippen molar-refractivity contribution in [3.05, 3.63) is 0 Å². The van der Waals surface area contributed by atoms with Crippen LogP contribution < -0.4 is 0 Å². The number of unbranched alkanes of at least 4 members (excludes halogenated alkanes) is 9. The number of esters is 1. The maximum absolute atomic E-state index is 11.7. The van der Waals surface area contributed by atoms with Gasteiger partial charge in [-0.05, 0) is 26.2 Å². The van der Waals surface area contributed by atoms with Gasteiger partial charge in [-0.3, -0.25) is 4.79 Å². The van der Waals surface area contributed by atoms with Crippen LogP contribution in [-0.4, -0.2) is 49.5 Å². The standard InChI is InChI=1S/C24H46O4S/c1-3-5-6-7-9-12-15-22-23(29-22)16-13-10-8-11-14-17-24(25)28-21-20-27-19-18-26-4-2/h22-23H,3-21H2,1-2H3/t22-,23-/m1/s1. The zero-order valence-electron chi connectivity index (χ0n) is 19.1. The van der Waals surface area contributed by atoms with Gasteiger partial charge in [0.25, 0.3) is 0 Å². The molecule has 0 bridgehead atoms. The van der Waals surface area contributed by atoms with Gasteiger partial charge in [0.15, 0.2) is 0 Å². The molecule has 0 N–H and O–H groups in total. The van der Waals surface area contributed by atoms with Crippen molar-refractivity contribution in [2.45, 2.75) is 114 Å². The number of ether oxygens (including phenoxy) is 3. The van der Waals surface area contributed by atoms with E-state index in [1.165, 1.54) is 70.6 Å². The number of carbonyl (C=O) groups is 1. The van der Waals surface area contributed by atoms with Crippen LogP contribution in [0.2, 0.25) is 0 Å². The molecule has 0 spiro atoms. The number of thioether (sulfide) groups is 1. The summed E-state index contributed by atoms with van der Waals surface area (Å²) in [5.41, 5.74) is 0. The summed E-state index contributed by atoms with van der Waals surface area (Å²) < 4.78 is 15.7. The van der Waals surface area contributed by atoms with Crippen LogP contribution in [0.5, 0.6) is 0 Å². The molecule has 2 atom stereocenters.